The lowest BCUT2D eigenvalue weighted by atomic mass is 9.95. The fraction of sp³-hybridized carbons (Fsp3) is 0.462. The van der Waals surface area contributed by atoms with E-state index < -0.39 is 5.54 Å². The van der Waals surface area contributed by atoms with Crippen LogP contribution in [0.25, 0.3) is 28.1 Å². The third-order valence-corrected chi connectivity index (χ3v) is 9.54. The van der Waals surface area contributed by atoms with Gasteiger partial charge in [0.15, 0.2) is 5.69 Å². The molecule has 14 nitrogen and oxygen atoms in total. The summed E-state index contributed by atoms with van der Waals surface area (Å²) in [4.78, 5) is 20.6. The number of pyridine rings is 1. The molecule has 1 fully saturated rings. The molecule has 1 amide bonds. The summed E-state index contributed by atoms with van der Waals surface area (Å²) < 4.78 is 41.6. The second-order valence-corrected chi connectivity index (χ2v) is 14.4. The fourth-order valence-electron chi connectivity index (χ4n) is 6.45. The van der Waals surface area contributed by atoms with E-state index in [-0.39, 0.29) is 12.5 Å². The number of nitrogens with two attached hydrogens (primary N) is 1. The average Bonchev–Trinajstić information content (AvgIpc) is 3.57. The number of methoxy groups -OCH3 is 1. The molecule has 2 aromatic heterocycles. The molecule has 2 aliphatic heterocycles. The molecule has 0 radical (unpaired) electrons. The quantitative estimate of drug-likeness (QED) is 0.115. The predicted molar refractivity (Wildman–Crippen MR) is 210 cm³/mol. The van der Waals surface area contributed by atoms with Gasteiger partial charge in [-0.15, -0.1) is 0 Å². The van der Waals surface area contributed by atoms with Crippen LogP contribution < -0.4 is 20.5 Å². The predicted octanol–water partition coefficient (Wildman–Crippen LogP) is 5.50. The second-order valence-electron chi connectivity index (χ2n) is 13.5. The molecule has 0 bridgehead atoms. The number of carbonyl (C=O) groups is 1. The molecule has 55 heavy (non-hydrogen) atoms. The summed E-state index contributed by atoms with van der Waals surface area (Å²) in [5.74, 6) is 0.970. The van der Waals surface area contributed by atoms with Crippen molar-refractivity contribution >= 4 is 34.8 Å². The zero-order chi connectivity index (χ0) is 38.8. The zero-order valence-electron chi connectivity index (χ0n) is 31.4. The summed E-state index contributed by atoms with van der Waals surface area (Å²) in [6, 6.07) is 11.0. The first-order chi connectivity index (χ1) is 26.7. The molecular formula is C39H48Cl2N6O8. The van der Waals surface area contributed by atoms with Crippen LogP contribution in [-0.2, 0) is 30.3 Å². The molecule has 4 heterocycles. The Labute approximate surface area is 331 Å². The van der Waals surface area contributed by atoms with Crippen LogP contribution in [0.4, 0.5) is 5.69 Å². The number of rotatable bonds is 19. The van der Waals surface area contributed by atoms with Crippen LogP contribution in [0.5, 0.6) is 11.5 Å². The van der Waals surface area contributed by atoms with Crippen molar-refractivity contribution in [3.05, 3.63) is 70.1 Å². The maximum absolute atomic E-state index is 14.3. The lowest BCUT2D eigenvalue weighted by molar-refractivity contribution is -0.0374. The van der Waals surface area contributed by atoms with E-state index in [0.29, 0.717) is 130 Å². The van der Waals surface area contributed by atoms with Gasteiger partial charge in [-0.2, -0.15) is 5.10 Å². The van der Waals surface area contributed by atoms with Crippen LogP contribution in [0, 0.1) is 0 Å². The number of nitrogens with zero attached hydrogens (tertiary/aromatic N) is 4. The van der Waals surface area contributed by atoms with Crippen molar-refractivity contribution < 1.29 is 38.0 Å². The Hall–Kier alpha value is -3.99. The molecule has 0 aliphatic carbocycles. The SMILES string of the molecule is COc1cc2c(cc1-c1cncc(NCCOCCOCCOCCOCCN)c1)-c1c(c(C(=O)N3CCOCC3(C)C)nn1-c1cc(Cl)cc(Cl)c1)CO2. The number of ether oxygens (including phenoxy) is 7. The van der Waals surface area contributed by atoms with Gasteiger partial charge >= 0.3 is 0 Å². The number of fused-ring (bicyclic) bond motifs is 3. The van der Waals surface area contributed by atoms with E-state index in [2.05, 4.69) is 10.3 Å². The number of anilines is 1. The first-order valence-corrected chi connectivity index (χ1v) is 19.0. The fourth-order valence-corrected chi connectivity index (χ4v) is 6.97. The van der Waals surface area contributed by atoms with Crippen molar-refractivity contribution in [3.63, 3.8) is 0 Å². The Morgan fingerprint density at radius 1 is 0.909 bits per heavy atom. The number of hydrogen-bond donors (Lipinski definition) is 2. The molecule has 0 spiro atoms. The molecule has 1 saturated heterocycles. The van der Waals surface area contributed by atoms with Crippen molar-refractivity contribution in [2.45, 2.75) is 26.0 Å². The third kappa shape index (κ3) is 10.1. The lowest BCUT2D eigenvalue weighted by Crippen LogP contribution is -2.55. The summed E-state index contributed by atoms with van der Waals surface area (Å²) >= 11 is 13.0. The number of nitrogens with one attached hydrogen (secondary N) is 1. The van der Waals surface area contributed by atoms with Gasteiger partial charge < -0.3 is 49.1 Å². The highest BCUT2D eigenvalue weighted by Gasteiger charge is 2.39. The van der Waals surface area contributed by atoms with Gasteiger partial charge in [-0.3, -0.25) is 9.78 Å². The van der Waals surface area contributed by atoms with Crippen molar-refractivity contribution in [2.24, 2.45) is 5.73 Å². The summed E-state index contributed by atoms with van der Waals surface area (Å²) in [5.41, 5.74) is 10.2. The van der Waals surface area contributed by atoms with E-state index in [1.807, 2.05) is 36.9 Å². The third-order valence-electron chi connectivity index (χ3n) is 9.10. The van der Waals surface area contributed by atoms with Gasteiger partial charge in [-0.05, 0) is 44.2 Å². The average molecular weight is 800 g/mol. The Kier molecular flexibility index (Phi) is 14.2. The lowest BCUT2D eigenvalue weighted by Gasteiger charge is -2.41. The number of halogens is 2. The standard InChI is InChI=1S/C39H48Cl2N6O8/c1-39(2)25-54-9-6-46(39)38(48)36-33-24-55-35-21-34(49-3)31(20-32(35)37(33)47(45-36)30-18-27(40)17-28(41)19-30)26-16-29(23-43-22-26)44-5-8-51-11-13-53-15-14-52-12-10-50-7-4-42/h16-23,44H,4-15,24-25,42H2,1-3H3. The van der Waals surface area contributed by atoms with Gasteiger partial charge in [0.25, 0.3) is 5.91 Å². The van der Waals surface area contributed by atoms with Crippen LogP contribution >= 0.6 is 23.2 Å². The Balaban J connectivity index is 1.19. The highest BCUT2D eigenvalue weighted by atomic mass is 35.5. The molecule has 0 unspecified atom stereocenters. The topological polar surface area (TPSA) is 154 Å². The smallest absolute Gasteiger partial charge is 0.275 e. The normalized spacial score (nSPS) is 14.6. The molecule has 6 rings (SSSR count). The summed E-state index contributed by atoms with van der Waals surface area (Å²) in [6.07, 6.45) is 3.52. The van der Waals surface area contributed by atoms with Crippen molar-refractivity contribution in [3.8, 4) is 39.6 Å². The van der Waals surface area contributed by atoms with E-state index in [0.717, 1.165) is 22.4 Å². The molecule has 4 aromatic rings. The van der Waals surface area contributed by atoms with E-state index in [9.17, 15) is 4.79 Å². The van der Waals surface area contributed by atoms with Crippen LogP contribution in [0.1, 0.15) is 29.9 Å². The molecule has 296 valence electrons. The minimum atomic E-state index is -0.525. The molecule has 2 aromatic carbocycles. The number of aromatic nitrogens is 3. The van der Waals surface area contributed by atoms with Crippen LogP contribution in [0.3, 0.4) is 0 Å². The van der Waals surface area contributed by atoms with Gasteiger partial charge in [-0.25, -0.2) is 4.68 Å². The first-order valence-electron chi connectivity index (χ1n) is 18.2. The van der Waals surface area contributed by atoms with E-state index in [1.54, 1.807) is 42.4 Å². The first kappa shape index (κ1) is 40.7. The molecular weight excluding hydrogens is 751 g/mol. The summed E-state index contributed by atoms with van der Waals surface area (Å²) in [6.45, 7) is 10.4. The van der Waals surface area contributed by atoms with E-state index >= 15 is 0 Å². The molecule has 2 aliphatic rings. The van der Waals surface area contributed by atoms with Crippen LogP contribution in [-0.4, -0.2) is 124 Å². The van der Waals surface area contributed by atoms with Crippen molar-refractivity contribution in [1.29, 1.82) is 0 Å². The van der Waals surface area contributed by atoms with Gasteiger partial charge in [0.05, 0.1) is 95.8 Å². The van der Waals surface area contributed by atoms with Gasteiger partial charge in [0.2, 0.25) is 0 Å². The van der Waals surface area contributed by atoms with Gasteiger partial charge in [-0.1, -0.05) is 23.2 Å². The van der Waals surface area contributed by atoms with Crippen LogP contribution in [0.2, 0.25) is 10.0 Å². The van der Waals surface area contributed by atoms with E-state index in [1.165, 1.54) is 0 Å². The second kappa shape index (κ2) is 19.2. The summed E-state index contributed by atoms with van der Waals surface area (Å²) in [7, 11) is 1.61. The number of morpholine rings is 1. The summed E-state index contributed by atoms with van der Waals surface area (Å²) in [5, 5.41) is 9.19. The maximum atomic E-state index is 14.3. The highest BCUT2D eigenvalue weighted by molar-refractivity contribution is 6.34. The van der Waals surface area contributed by atoms with E-state index in [4.69, 9.17) is 67.2 Å². The zero-order valence-corrected chi connectivity index (χ0v) is 32.9. The van der Waals surface area contributed by atoms with Crippen molar-refractivity contribution in [2.75, 3.05) is 98.1 Å². The van der Waals surface area contributed by atoms with Gasteiger partial charge in [0.1, 0.15) is 18.1 Å². The minimum absolute atomic E-state index is 0.125. The van der Waals surface area contributed by atoms with Crippen molar-refractivity contribution in [1.82, 2.24) is 19.7 Å². The molecule has 3 N–H and O–H groups in total. The molecule has 0 atom stereocenters. The maximum Gasteiger partial charge on any atom is 0.275 e. The highest BCUT2D eigenvalue weighted by Crippen LogP contribution is 2.46. The number of carbonyl (C=O) groups excluding carboxylic acids is 1. The Bertz CT molecular complexity index is 1910. The number of benzene rings is 2. The van der Waals surface area contributed by atoms with Gasteiger partial charge in [0, 0.05) is 70.4 Å². The number of amides is 1. The van der Waals surface area contributed by atoms with Crippen LogP contribution in [0.15, 0.2) is 48.8 Å². The number of hydrogen-bond acceptors (Lipinski definition) is 12. The molecule has 0 saturated carbocycles. The minimum Gasteiger partial charge on any atom is -0.496 e. The Morgan fingerprint density at radius 2 is 1.60 bits per heavy atom. The largest absolute Gasteiger partial charge is 0.496 e. The molecule has 16 heteroatoms. The monoisotopic (exact) mass is 798 g/mol. The Morgan fingerprint density at radius 3 is 2.27 bits per heavy atom.